The zero-order valence-electron chi connectivity index (χ0n) is 19.8. The van der Waals surface area contributed by atoms with Crippen molar-refractivity contribution in [2.75, 3.05) is 45.3 Å². The molecule has 3 N–H and O–H groups in total. The van der Waals surface area contributed by atoms with Gasteiger partial charge in [-0.15, -0.1) is 0 Å². The Bertz CT molecular complexity index is 1140. The number of rotatable bonds is 4. The normalized spacial score (nSPS) is 20.1. The summed E-state index contributed by atoms with van der Waals surface area (Å²) in [5.74, 6) is 0.574. The molecule has 14 heteroatoms. The zero-order chi connectivity index (χ0) is 26.9. The minimum atomic E-state index is -3.67. The van der Waals surface area contributed by atoms with Gasteiger partial charge in [0.05, 0.1) is 25.2 Å². The zero-order valence-corrected chi connectivity index (χ0v) is 22.2. The minimum absolute atomic E-state index is 0.120. The van der Waals surface area contributed by atoms with Gasteiger partial charge in [-0.2, -0.15) is 16.8 Å². The van der Waals surface area contributed by atoms with Crippen molar-refractivity contribution >= 4 is 31.8 Å². The van der Waals surface area contributed by atoms with Crippen LogP contribution in [-0.2, 0) is 31.6 Å². The number of para-hydroxylation sites is 1. The van der Waals surface area contributed by atoms with E-state index in [9.17, 15) is 21.2 Å². The molecule has 4 rings (SSSR count). The maximum absolute atomic E-state index is 13.6. The molecule has 36 heavy (non-hydrogen) atoms. The lowest BCUT2D eigenvalue weighted by Crippen LogP contribution is -2.51. The van der Waals surface area contributed by atoms with E-state index < -0.39 is 20.2 Å². The van der Waals surface area contributed by atoms with Gasteiger partial charge in [0.1, 0.15) is 24.3 Å². The highest BCUT2D eigenvalue weighted by molar-refractivity contribution is 7.85. The van der Waals surface area contributed by atoms with Crippen molar-refractivity contribution in [1.82, 2.24) is 10.2 Å². The number of hydrogen-bond acceptors (Lipinski definition) is 8. The van der Waals surface area contributed by atoms with Crippen molar-refractivity contribution in [2.45, 2.75) is 18.8 Å². The van der Waals surface area contributed by atoms with Crippen molar-refractivity contribution in [1.29, 1.82) is 0 Å². The lowest BCUT2D eigenvalue weighted by Gasteiger charge is -2.42. The third kappa shape index (κ3) is 11.9. The third-order valence-corrected chi connectivity index (χ3v) is 5.14. The summed E-state index contributed by atoms with van der Waals surface area (Å²) in [4.78, 5) is 2.45. The van der Waals surface area contributed by atoms with Crippen LogP contribution < -0.4 is 10.1 Å². The Hall–Kier alpha value is -1.84. The Morgan fingerprint density at radius 3 is 2.25 bits per heavy atom. The largest absolute Gasteiger partial charge is 0.490 e. The van der Waals surface area contributed by atoms with Crippen LogP contribution in [0.1, 0.15) is 17.2 Å². The molecule has 2 aliphatic rings. The van der Waals surface area contributed by atoms with Crippen LogP contribution in [0.2, 0.25) is 5.02 Å². The van der Waals surface area contributed by atoms with Gasteiger partial charge in [-0.1, -0.05) is 29.8 Å². The fraction of sp³-hybridized carbons (Fsp3) is 0.455. The van der Waals surface area contributed by atoms with Crippen LogP contribution >= 0.6 is 11.6 Å². The van der Waals surface area contributed by atoms with Gasteiger partial charge in [-0.25, -0.2) is 4.39 Å². The van der Waals surface area contributed by atoms with Gasteiger partial charge in [-0.05, 0) is 29.8 Å². The lowest BCUT2D eigenvalue weighted by molar-refractivity contribution is -0.0617. The highest BCUT2D eigenvalue weighted by atomic mass is 35.5. The molecule has 2 aliphatic heterocycles. The Morgan fingerprint density at radius 1 is 1.08 bits per heavy atom. The molecule has 0 unspecified atom stereocenters. The molecule has 2 heterocycles. The first-order valence-electron chi connectivity index (χ1n) is 10.8. The summed E-state index contributed by atoms with van der Waals surface area (Å²) in [7, 11) is -7.33. The average molecular weight is 569 g/mol. The van der Waals surface area contributed by atoms with E-state index in [1.807, 2.05) is 18.2 Å². The van der Waals surface area contributed by atoms with Gasteiger partial charge in [0.25, 0.3) is 20.2 Å². The van der Waals surface area contributed by atoms with Gasteiger partial charge in [0.15, 0.2) is 0 Å². The predicted octanol–water partition coefficient (Wildman–Crippen LogP) is 2.41. The number of nitrogens with zero attached hydrogens (tertiary/aromatic N) is 1. The molecule has 0 aromatic heterocycles. The summed E-state index contributed by atoms with van der Waals surface area (Å²) in [6.07, 6.45) is 1.31. The molecule has 0 aliphatic carbocycles. The standard InChI is InChI=1S/C20H22ClFN2O2.2CH4O3S/c21-15-9-14(10-16(22)11-15)12-25-19-13-26-18-4-2-1-3-17(18)20(19)24-7-5-23-6-8-24;2*1-5(2,3)4/h1-4,9-11,19-20,23H,5-8,12-13H2;2*1H3,(H,2,3,4)/t19-,20-;;/m1../s1. The molecule has 202 valence electrons. The molecule has 0 radical (unpaired) electrons. The summed E-state index contributed by atoms with van der Waals surface area (Å²) in [6, 6.07) is 12.8. The van der Waals surface area contributed by atoms with Gasteiger partial charge < -0.3 is 14.8 Å². The van der Waals surface area contributed by atoms with E-state index in [0.717, 1.165) is 43.1 Å². The quantitative estimate of drug-likeness (QED) is 0.470. The first-order valence-corrected chi connectivity index (χ1v) is 14.9. The maximum atomic E-state index is 13.6. The van der Waals surface area contributed by atoms with E-state index in [2.05, 4.69) is 16.3 Å². The molecule has 10 nitrogen and oxygen atoms in total. The first kappa shape index (κ1) is 30.4. The van der Waals surface area contributed by atoms with Crippen LogP contribution in [0, 0.1) is 5.82 Å². The number of piperazine rings is 1. The molecule has 2 atom stereocenters. The molecule has 0 amide bonds. The van der Waals surface area contributed by atoms with Crippen LogP contribution in [0.15, 0.2) is 42.5 Å². The van der Waals surface area contributed by atoms with E-state index in [0.29, 0.717) is 30.7 Å². The van der Waals surface area contributed by atoms with Crippen molar-refractivity contribution < 1.29 is 39.8 Å². The second-order valence-electron chi connectivity index (χ2n) is 8.17. The topological polar surface area (TPSA) is 142 Å². The fourth-order valence-corrected chi connectivity index (χ4v) is 3.99. The van der Waals surface area contributed by atoms with Crippen LogP contribution in [0.4, 0.5) is 4.39 Å². The second kappa shape index (κ2) is 13.6. The summed E-state index contributed by atoms with van der Waals surface area (Å²) < 4.78 is 77.4. The fourth-order valence-electron chi connectivity index (χ4n) is 3.75. The molecule has 2 aromatic rings. The Labute approximate surface area is 215 Å². The van der Waals surface area contributed by atoms with E-state index >= 15 is 0 Å². The number of benzene rings is 2. The van der Waals surface area contributed by atoms with E-state index in [4.69, 9.17) is 30.2 Å². The van der Waals surface area contributed by atoms with Crippen molar-refractivity contribution in [2.24, 2.45) is 0 Å². The Morgan fingerprint density at radius 2 is 1.67 bits per heavy atom. The highest BCUT2D eigenvalue weighted by Crippen LogP contribution is 2.37. The summed E-state index contributed by atoms with van der Waals surface area (Å²) >= 11 is 5.95. The SMILES string of the molecule is CS(=O)(=O)O.CS(=O)(=O)O.Fc1cc(Cl)cc(CO[C@@H]2COc3ccccc3[C@H]2N2CCNCC2)c1. The first-order chi connectivity index (χ1) is 16.7. The van der Waals surface area contributed by atoms with Gasteiger partial charge in [0, 0.05) is 36.8 Å². The van der Waals surface area contributed by atoms with Crippen LogP contribution in [-0.4, -0.2) is 82.2 Å². The molecule has 2 aromatic carbocycles. The lowest BCUT2D eigenvalue weighted by atomic mass is 9.95. The molecule has 0 spiro atoms. The summed E-state index contributed by atoms with van der Waals surface area (Å²) in [5, 5.41) is 3.77. The number of ether oxygens (including phenoxy) is 2. The average Bonchev–Trinajstić information content (AvgIpc) is 2.75. The predicted molar refractivity (Wildman–Crippen MR) is 134 cm³/mol. The number of hydrogen-bond donors (Lipinski definition) is 3. The van der Waals surface area contributed by atoms with Crippen LogP contribution in [0.3, 0.4) is 0 Å². The minimum Gasteiger partial charge on any atom is -0.490 e. The van der Waals surface area contributed by atoms with Crippen molar-refractivity contribution in [3.05, 3.63) is 64.4 Å². The van der Waals surface area contributed by atoms with Gasteiger partial charge >= 0.3 is 0 Å². The molecular weight excluding hydrogens is 539 g/mol. The van der Waals surface area contributed by atoms with Gasteiger partial charge in [0.2, 0.25) is 0 Å². The van der Waals surface area contributed by atoms with E-state index in [-0.39, 0.29) is 18.0 Å². The number of nitrogens with one attached hydrogen (secondary N) is 1. The summed E-state index contributed by atoms with van der Waals surface area (Å²) in [5.41, 5.74) is 1.89. The number of halogens is 2. The van der Waals surface area contributed by atoms with Crippen molar-refractivity contribution in [3.63, 3.8) is 0 Å². The molecule has 0 saturated carbocycles. The van der Waals surface area contributed by atoms with Crippen LogP contribution in [0.5, 0.6) is 5.75 Å². The Kier molecular flexibility index (Phi) is 11.5. The van der Waals surface area contributed by atoms with Crippen LogP contribution in [0.25, 0.3) is 0 Å². The summed E-state index contributed by atoms with van der Waals surface area (Å²) in [6.45, 7) is 4.64. The molecular formula is C22H30ClFN2O8S2. The molecule has 0 bridgehead atoms. The molecule has 1 saturated heterocycles. The second-order valence-corrected chi connectivity index (χ2v) is 11.5. The van der Waals surface area contributed by atoms with E-state index in [1.54, 1.807) is 6.07 Å². The van der Waals surface area contributed by atoms with Gasteiger partial charge in [-0.3, -0.25) is 14.0 Å². The highest BCUT2D eigenvalue weighted by Gasteiger charge is 2.36. The third-order valence-electron chi connectivity index (χ3n) is 4.92. The molecule has 1 fully saturated rings. The van der Waals surface area contributed by atoms with E-state index in [1.165, 1.54) is 12.1 Å². The number of fused-ring (bicyclic) bond motifs is 1. The smallest absolute Gasteiger partial charge is 0.261 e. The maximum Gasteiger partial charge on any atom is 0.261 e. The van der Waals surface area contributed by atoms with Crippen molar-refractivity contribution in [3.8, 4) is 5.75 Å². The monoisotopic (exact) mass is 568 g/mol. The Balaban J connectivity index is 0.000000389.